The van der Waals surface area contributed by atoms with Crippen molar-refractivity contribution >= 4 is 11.9 Å². The summed E-state index contributed by atoms with van der Waals surface area (Å²) < 4.78 is 40.2. The number of nitrogens with zero attached hydrogens (tertiary/aromatic N) is 1. The van der Waals surface area contributed by atoms with E-state index in [2.05, 4.69) is 4.74 Å². The highest BCUT2D eigenvalue weighted by Gasteiger charge is 2.31. The van der Waals surface area contributed by atoms with Gasteiger partial charge in [0.2, 0.25) is 5.91 Å². The molecule has 0 radical (unpaired) electrons. The van der Waals surface area contributed by atoms with Crippen molar-refractivity contribution in [1.82, 2.24) is 4.90 Å². The van der Waals surface area contributed by atoms with Gasteiger partial charge in [-0.15, -0.1) is 13.2 Å². The van der Waals surface area contributed by atoms with Gasteiger partial charge >= 0.3 is 12.3 Å². The number of rotatable bonds is 7. The number of carbonyl (C=O) groups excluding carboxylic acids is 1. The first-order valence-electron chi connectivity index (χ1n) is 6.48. The molecular formula is C14H16F3NO4. The number of aliphatic carboxylic acids is 1. The molecule has 1 aromatic carbocycles. The molecule has 8 heteroatoms. The molecule has 1 aromatic rings. The molecule has 0 atom stereocenters. The molecule has 0 unspecified atom stereocenters. The number of halogens is 3. The number of amides is 1. The Kier molecular flexibility index (Phi) is 6.21. The van der Waals surface area contributed by atoms with Crippen LogP contribution in [-0.4, -0.2) is 41.8 Å². The molecule has 0 bridgehead atoms. The van der Waals surface area contributed by atoms with Crippen LogP contribution in [0, 0.1) is 0 Å². The highest BCUT2D eigenvalue weighted by atomic mass is 19.4. The molecule has 0 fully saturated rings. The lowest BCUT2D eigenvalue weighted by Gasteiger charge is -2.17. The van der Waals surface area contributed by atoms with Crippen molar-refractivity contribution in [2.24, 2.45) is 0 Å². The Balaban J connectivity index is 2.56. The largest absolute Gasteiger partial charge is 0.573 e. The summed E-state index contributed by atoms with van der Waals surface area (Å²) in [5.74, 6) is -1.64. The lowest BCUT2D eigenvalue weighted by Crippen LogP contribution is -2.29. The van der Waals surface area contributed by atoms with Gasteiger partial charge in [0, 0.05) is 20.0 Å². The van der Waals surface area contributed by atoms with Crippen LogP contribution in [0.15, 0.2) is 24.3 Å². The van der Waals surface area contributed by atoms with Gasteiger partial charge in [-0.3, -0.25) is 9.59 Å². The van der Waals surface area contributed by atoms with Crippen LogP contribution in [0.1, 0.15) is 18.4 Å². The van der Waals surface area contributed by atoms with E-state index < -0.39 is 12.3 Å². The van der Waals surface area contributed by atoms with E-state index in [0.717, 1.165) is 12.1 Å². The van der Waals surface area contributed by atoms with Crippen molar-refractivity contribution in [3.63, 3.8) is 0 Å². The van der Waals surface area contributed by atoms with Crippen molar-refractivity contribution in [2.75, 3.05) is 13.6 Å². The fraction of sp³-hybridized carbons (Fsp3) is 0.429. The second-order valence-electron chi connectivity index (χ2n) is 4.68. The van der Waals surface area contributed by atoms with Gasteiger partial charge < -0.3 is 14.7 Å². The Bertz CT molecular complexity index is 531. The third kappa shape index (κ3) is 6.96. The zero-order chi connectivity index (χ0) is 16.8. The van der Waals surface area contributed by atoms with Gasteiger partial charge in [0.05, 0.1) is 6.42 Å². The molecule has 0 spiro atoms. The molecule has 0 saturated carbocycles. The van der Waals surface area contributed by atoms with Crippen LogP contribution in [0.3, 0.4) is 0 Å². The standard InChI is InChI=1S/C14H16F3NO4/c1-18(7-3-6-13(20)21)12(19)9-10-4-2-5-11(8-10)22-14(15,16)17/h2,4-5,8H,3,6-7,9H2,1H3,(H,20,21). The van der Waals surface area contributed by atoms with Crippen molar-refractivity contribution < 1.29 is 32.6 Å². The molecule has 1 rings (SSSR count). The van der Waals surface area contributed by atoms with Gasteiger partial charge in [-0.1, -0.05) is 12.1 Å². The molecule has 0 aliphatic heterocycles. The maximum Gasteiger partial charge on any atom is 0.573 e. The Morgan fingerprint density at radius 3 is 2.59 bits per heavy atom. The van der Waals surface area contributed by atoms with E-state index in [-0.39, 0.29) is 31.0 Å². The Labute approximate surface area is 125 Å². The maximum atomic E-state index is 12.1. The SMILES string of the molecule is CN(CCCC(=O)O)C(=O)Cc1cccc(OC(F)(F)F)c1. The molecule has 0 heterocycles. The zero-order valence-electron chi connectivity index (χ0n) is 11.9. The molecule has 22 heavy (non-hydrogen) atoms. The fourth-order valence-electron chi connectivity index (χ4n) is 1.75. The van der Waals surface area contributed by atoms with Crippen LogP contribution >= 0.6 is 0 Å². The minimum Gasteiger partial charge on any atom is -0.481 e. The molecule has 1 amide bonds. The number of carbonyl (C=O) groups is 2. The van der Waals surface area contributed by atoms with Crippen LogP contribution in [0.25, 0.3) is 0 Å². The second kappa shape index (κ2) is 7.67. The molecule has 0 aromatic heterocycles. The van der Waals surface area contributed by atoms with Crippen LogP contribution in [0.4, 0.5) is 13.2 Å². The summed E-state index contributed by atoms with van der Waals surface area (Å²) in [5, 5.41) is 8.51. The topological polar surface area (TPSA) is 66.8 Å². The summed E-state index contributed by atoms with van der Waals surface area (Å²) in [6.07, 6.45) is -4.60. The quantitative estimate of drug-likeness (QED) is 0.838. The number of carboxylic acids is 1. The number of carboxylic acid groups (broad SMARTS) is 1. The van der Waals surface area contributed by atoms with Gasteiger partial charge in [0.1, 0.15) is 5.75 Å². The van der Waals surface area contributed by atoms with Crippen LogP contribution in [-0.2, 0) is 16.0 Å². The minimum atomic E-state index is -4.78. The van der Waals surface area contributed by atoms with E-state index in [1.807, 2.05) is 0 Å². The normalized spacial score (nSPS) is 11.1. The Morgan fingerprint density at radius 2 is 2.00 bits per heavy atom. The van der Waals surface area contributed by atoms with E-state index >= 15 is 0 Å². The molecule has 122 valence electrons. The molecule has 0 saturated heterocycles. The predicted molar refractivity (Wildman–Crippen MR) is 71.3 cm³/mol. The Morgan fingerprint density at radius 1 is 1.32 bits per heavy atom. The van der Waals surface area contributed by atoms with Crippen molar-refractivity contribution in [1.29, 1.82) is 0 Å². The van der Waals surface area contributed by atoms with E-state index in [1.165, 1.54) is 24.1 Å². The summed E-state index contributed by atoms with van der Waals surface area (Å²) in [5.41, 5.74) is 0.386. The third-order valence-corrected chi connectivity index (χ3v) is 2.80. The second-order valence-corrected chi connectivity index (χ2v) is 4.68. The summed E-state index contributed by atoms with van der Waals surface area (Å²) in [4.78, 5) is 23.6. The number of hydrogen-bond donors (Lipinski definition) is 1. The van der Waals surface area contributed by atoms with Crippen molar-refractivity contribution in [3.05, 3.63) is 29.8 Å². The van der Waals surface area contributed by atoms with Gasteiger partial charge in [-0.2, -0.15) is 0 Å². The maximum absolute atomic E-state index is 12.1. The summed E-state index contributed by atoms with van der Waals surface area (Å²) in [6, 6.07) is 5.19. The highest BCUT2D eigenvalue weighted by Crippen LogP contribution is 2.23. The predicted octanol–water partition coefficient (Wildman–Crippen LogP) is 2.45. The van der Waals surface area contributed by atoms with Gasteiger partial charge in [0.25, 0.3) is 0 Å². The van der Waals surface area contributed by atoms with Crippen molar-refractivity contribution in [3.8, 4) is 5.75 Å². The van der Waals surface area contributed by atoms with Crippen LogP contribution in [0.5, 0.6) is 5.75 Å². The molecule has 1 N–H and O–H groups in total. The van der Waals surface area contributed by atoms with Gasteiger partial charge in [-0.05, 0) is 24.1 Å². The number of likely N-dealkylation sites (N-methyl/N-ethyl adjacent to an activating group) is 1. The summed E-state index contributed by atoms with van der Waals surface area (Å²) in [6.45, 7) is 0.268. The zero-order valence-corrected chi connectivity index (χ0v) is 11.9. The number of hydrogen-bond acceptors (Lipinski definition) is 3. The first-order valence-corrected chi connectivity index (χ1v) is 6.48. The fourth-order valence-corrected chi connectivity index (χ4v) is 1.75. The monoisotopic (exact) mass is 319 g/mol. The van der Waals surface area contributed by atoms with E-state index in [1.54, 1.807) is 0 Å². The van der Waals surface area contributed by atoms with Gasteiger partial charge in [-0.25, -0.2) is 0 Å². The Hall–Kier alpha value is -2.25. The number of alkyl halides is 3. The van der Waals surface area contributed by atoms with Crippen LogP contribution in [0.2, 0.25) is 0 Å². The van der Waals surface area contributed by atoms with E-state index in [4.69, 9.17) is 5.11 Å². The highest BCUT2D eigenvalue weighted by molar-refractivity contribution is 5.78. The molecule has 5 nitrogen and oxygen atoms in total. The average Bonchev–Trinajstić information content (AvgIpc) is 2.36. The lowest BCUT2D eigenvalue weighted by atomic mass is 10.1. The van der Waals surface area contributed by atoms with Gasteiger partial charge in [0.15, 0.2) is 0 Å². The molecule has 0 aliphatic rings. The summed E-state index contributed by atoms with van der Waals surface area (Å²) >= 11 is 0. The summed E-state index contributed by atoms with van der Waals surface area (Å²) in [7, 11) is 1.51. The minimum absolute atomic E-state index is 0.0491. The van der Waals surface area contributed by atoms with E-state index in [0.29, 0.717) is 12.0 Å². The molecular weight excluding hydrogens is 303 g/mol. The first kappa shape index (κ1) is 17.8. The number of ether oxygens (including phenoxy) is 1. The third-order valence-electron chi connectivity index (χ3n) is 2.80. The lowest BCUT2D eigenvalue weighted by molar-refractivity contribution is -0.274. The van der Waals surface area contributed by atoms with Crippen LogP contribution < -0.4 is 4.74 Å². The van der Waals surface area contributed by atoms with E-state index in [9.17, 15) is 22.8 Å². The first-order chi connectivity index (χ1) is 10.2. The smallest absolute Gasteiger partial charge is 0.481 e. The molecule has 0 aliphatic carbocycles. The average molecular weight is 319 g/mol. The van der Waals surface area contributed by atoms with Crippen molar-refractivity contribution in [2.45, 2.75) is 25.6 Å². The number of benzene rings is 1.